The van der Waals surface area contributed by atoms with Crippen LogP contribution in [-0.2, 0) is 14.9 Å². The Hall–Kier alpha value is -1.16. The number of piperazine rings is 1. The molecule has 0 radical (unpaired) electrons. The van der Waals surface area contributed by atoms with Gasteiger partial charge in [-0.25, -0.2) is 17.9 Å². The number of hydrogen-bond acceptors (Lipinski definition) is 4. The van der Waals surface area contributed by atoms with E-state index >= 15 is 0 Å². The van der Waals surface area contributed by atoms with Crippen molar-refractivity contribution in [3.63, 3.8) is 0 Å². The van der Waals surface area contributed by atoms with Crippen LogP contribution in [-0.4, -0.2) is 50.7 Å². The maximum atomic E-state index is 13.0. The van der Waals surface area contributed by atoms with Crippen LogP contribution in [0.5, 0.6) is 0 Å². The van der Waals surface area contributed by atoms with E-state index in [0.717, 1.165) is 9.37 Å². The van der Waals surface area contributed by atoms with Gasteiger partial charge in [0.05, 0.1) is 0 Å². The largest absolute Gasteiger partial charge is 0.465 e. The van der Waals surface area contributed by atoms with Gasteiger partial charge in [-0.05, 0) is 24.1 Å². The number of carbonyl (C=O) groups is 1. The van der Waals surface area contributed by atoms with Gasteiger partial charge in [0.1, 0.15) is 0 Å². The SMILES string of the molecule is CCCNS(=O)(=O)C1(c2ccc(Br)cc2)CNCCN1C(=O)O. The zero-order valence-electron chi connectivity index (χ0n) is 12.8. The Morgan fingerprint density at radius 1 is 1.43 bits per heavy atom. The van der Waals surface area contributed by atoms with Gasteiger partial charge in [-0.15, -0.1) is 0 Å². The highest BCUT2D eigenvalue weighted by Gasteiger charge is 2.53. The normalized spacial score (nSPS) is 22.1. The van der Waals surface area contributed by atoms with Crippen molar-refractivity contribution in [3.05, 3.63) is 34.3 Å². The van der Waals surface area contributed by atoms with Crippen molar-refractivity contribution in [2.24, 2.45) is 0 Å². The Morgan fingerprint density at radius 3 is 2.65 bits per heavy atom. The fourth-order valence-corrected chi connectivity index (χ4v) is 4.87. The first-order valence-corrected chi connectivity index (χ1v) is 9.59. The molecule has 1 aromatic rings. The molecular weight excluding hydrogens is 386 g/mol. The summed E-state index contributed by atoms with van der Waals surface area (Å²) in [4.78, 5) is 11.0. The van der Waals surface area contributed by atoms with Crippen LogP contribution in [0.25, 0.3) is 0 Å². The molecule has 1 aromatic carbocycles. The number of rotatable bonds is 5. The topological polar surface area (TPSA) is 98.7 Å². The van der Waals surface area contributed by atoms with Gasteiger partial charge in [0.2, 0.25) is 10.0 Å². The highest BCUT2D eigenvalue weighted by atomic mass is 79.9. The minimum Gasteiger partial charge on any atom is -0.465 e. The minimum atomic E-state index is -3.95. The van der Waals surface area contributed by atoms with Gasteiger partial charge in [-0.2, -0.15) is 0 Å². The highest BCUT2D eigenvalue weighted by Crippen LogP contribution is 2.36. The van der Waals surface area contributed by atoms with Crippen molar-refractivity contribution >= 4 is 32.0 Å². The standard InChI is InChI=1S/C14H20BrN3O4S/c1-2-7-17-23(21,22)14(11-3-5-12(15)6-4-11)10-16-8-9-18(14)13(19)20/h3-6,16-17H,2,7-10H2,1H3,(H,19,20). The number of carboxylic acid groups (broad SMARTS) is 1. The maximum Gasteiger partial charge on any atom is 0.408 e. The molecule has 2 rings (SSSR count). The van der Waals surface area contributed by atoms with Crippen LogP contribution < -0.4 is 10.0 Å². The third-order valence-corrected chi connectivity index (χ3v) is 6.43. The van der Waals surface area contributed by atoms with Crippen molar-refractivity contribution in [3.8, 4) is 0 Å². The van der Waals surface area contributed by atoms with E-state index in [4.69, 9.17) is 0 Å². The molecule has 0 saturated carbocycles. The molecule has 0 bridgehead atoms. The highest BCUT2D eigenvalue weighted by molar-refractivity contribution is 9.10. The molecule has 0 aliphatic carbocycles. The summed E-state index contributed by atoms with van der Waals surface area (Å²) in [5.74, 6) is 0. The zero-order valence-corrected chi connectivity index (χ0v) is 15.2. The molecule has 9 heteroatoms. The summed E-state index contributed by atoms with van der Waals surface area (Å²) in [6, 6.07) is 6.69. The molecule has 1 amide bonds. The summed E-state index contributed by atoms with van der Waals surface area (Å²) in [5.41, 5.74) is 0.416. The van der Waals surface area contributed by atoms with Gasteiger partial charge in [-0.1, -0.05) is 35.0 Å². The van der Waals surface area contributed by atoms with E-state index in [0.29, 0.717) is 18.5 Å². The van der Waals surface area contributed by atoms with Gasteiger partial charge in [0.15, 0.2) is 4.87 Å². The van der Waals surface area contributed by atoms with Gasteiger partial charge in [0.25, 0.3) is 0 Å². The molecule has 3 N–H and O–H groups in total. The zero-order chi connectivity index (χ0) is 17.1. The Kier molecular flexibility index (Phi) is 5.66. The second kappa shape index (κ2) is 7.16. The number of halogens is 1. The predicted molar refractivity (Wildman–Crippen MR) is 90.6 cm³/mol. The molecule has 0 aromatic heterocycles. The van der Waals surface area contributed by atoms with Gasteiger partial charge < -0.3 is 10.4 Å². The second-order valence-electron chi connectivity index (χ2n) is 5.30. The predicted octanol–water partition coefficient (Wildman–Crippen LogP) is 1.51. The van der Waals surface area contributed by atoms with E-state index in [2.05, 4.69) is 26.0 Å². The lowest BCUT2D eigenvalue weighted by molar-refractivity contribution is 0.0937. The van der Waals surface area contributed by atoms with Crippen LogP contribution in [0.4, 0.5) is 4.79 Å². The fourth-order valence-electron chi connectivity index (χ4n) is 2.69. The lowest BCUT2D eigenvalue weighted by Gasteiger charge is -2.45. The molecule has 0 spiro atoms. The first-order chi connectivity index (χ1) is 10.8. The van der Waals surface area contributed by atoms with E-state index in [1.54, 1.807) is 24.3 Å². The average molecular weight is 406 g/mol. The van der Waals surface area contributed by atoms with E-state index < -0.39 is 21.0 Å². The molecule has 128 valence electrons. The summed E-state index contributed by atoms with van der Waals surface area (Å²) in [6.07, 6.45) is -0.632. The van der Waals surface area contributed by atoms with Crippen LogP contribution in [0, 0.1) is 0 Å². The van der Waals surface area contributed by atoms with Crippen LogP contribution in [0.1, 0.15) is 18.9 Å². The van der Waals surface area contributed by atoms with Gasteiger partial charge in [-0.3, -0.25) is 4.90 Å². The quantitative estimate of drug-likeness (QED) is 0.689. The van der Waals surface area contributed by atoms with Crippen molar-refractivity contribution in [1.29, 1.82) is 0 Å². The Labute approximate surface area is 144 Å². The van der Waals surface area contributed by atoms with E-state index in [-0.39, 0.29) is 19.6 Å². The average Bonchev–Trinajstić information content (AvgIpc) is 2.53. The van der Waals surface area contributed by atoms with Crippen LogP contribution >= 0.6 is 15.9 Å². The first-order valence-electron chi connectivity index (χ1n) is 7.31. The number of benzene rings is 1. The lowest BCUT2D eigenvalue weighted by Crippen LogP contribution is -2.66. The third-order valence-electron chi connectivity index (χ3n) is 3.83. The van der Waals surface area contributed by atoms with Crippen molar-refractivity contribution in [2.75, 3.05) is 26.2 Å². The molecule has 7 nitrogen and oxygen atoms in total. The van der Waals surface area contributed by atoms with Crippen LogP contribution in [0.15, 0.2) is 28.7 Å². The molecule has 1 heterocycles. The first kappa shape index (κ1) is 18.2. The number of amides is 1. The van der Waals surface area contributed by atoms with Crippen molar-refractivity contribution in [2.45, 2.75) is 18.2 Å². The van der Waals surface area contributed by atoms with Crippen molar-refractivity contribution < 1.29 is 18.3 Å². The Morgan fingerprint density at radius 2 is 2.09 bits per heavy atom. The summed E-state index contributed by atoms with van der Waals surface area (Å²) >= 11 is 3.31. The summed E-state index contributed by atoms with van der Waals surface area (Å²) < 4.78 is 29.3. The summed E-state index contributed by atoms with van der Waals surface area (Å²) in [6.45, 7) is 2.61. The molecule has 23 heavy (non-hydrogen) atoms. The van der Waals surface area contributed by atoms with Gasteiger partial charge >= 0.3 is 6.09 Å². The van der Waals surface area contributed by atoms with Crippen molar-refractivity contribution in [1.82, 2.24) is 14.9 Å². The monoisotopic (exact) mass is 405 g/mol. The number of hydrogen-bond donors (Lipinski definition) is 3. The number of sulfonamides is 1. The van der Waals surface area contributed by atoms with Gasteiger partial charge in [0, 0.05) is 30.7 Å². The third kappa shape index (κ3) is 3.37. The molecule has 1 fully saturated rings. The molecule has 1 aliphatic heterocycles. The number of nitrogens with one attached hydrogen (secondary N) is 2. The molecule has 1 atom stereocenters. The van der Waals surface area contributed by atoms with Crippen LogP contribution in [0.2, 0.25) is 0 Å². The van der Waals surface area contributed by atoms with Crippen LogP contribution in [0.3, 0.4) is 0 Å². The number of nitrogens with zero attached hydrogens (tertiary/aromatic N) is 1. The minimum absolute atomic E-state index is 0.0000198. The molecule has 1 aliphatic rings. The van der Waals surface area contributed by atoms with E-state index in [1.807, 2.05) is 6.92 Å². The van der Waals surface area contributed by atoms with E-state index in [1.165, 1.54) is 0 Å². The summed E-state index contributed by atoms with van der Waals surface area (Å²) in [5, 5.41) is 12.6. The smallest absolute Gasteiger partial charge is 0.408 e. The molecule has 1 saturated heterocycles. The second-order valence-corrected chi connectivity index (χ2v) is 8.19. The Bertz CT molecular complexity index is 665. The fraction of sp³-hybridized carbons (Fsp3) is 0.500. The summed E-state index contributed by atoms with van der Waals surface area (Å²) in [7, 11) is -3.95. The Balaban J connectivity index is 2.62. The maximum absolute atomic E-state index is 13.0. The van der Waals surface area contributed by atoms with E-state index in [9.17, 15) is 18.3 Å². The lowest BCUT2D eigenvalue weighted by atomic mass is 10.0. The molecular formula is C14H20BrN3O4S. The molecule has 1 unspecified atom stereocenters.